The topological polar surface area (TPSA) is 96.7 Å². The van der Waals surface area contributed by atoms with E-state index in [2.05, 4.69) is 0 Å². The first kappa shape index (κ1) is 23.0. The minimum absolute atomic E-state index is 0.226. The highest BCUT2D eigenvalue weighted by atomic mass is 19.4. The van der Waals surface area contributed by atoms with Crippen LogP contribution in [0.2, 0.25) is 0 Å². The Morgan fingerprint density at radius 2 is 1.48 bits per heavy atom. The van der Waals surface area contributed by atoms with Crippen molar-refractivity contribution in [1.29, 1.82) is 0 Å². The number of fused-ring (bicyclic) bond motifs is 2. The number of benzene rings is 3. The number of aryl methyl sites for hydroxylation is 1. The maximum atomic E-state index is 13.1. The minimum Gasteiger partial charge on any atom is -0.456 e. The SMILES string of the molecule is NC(CO)(CO)CCc1ccc2oc3cc(-c4ccc(C(F)(F)F)cc4)ccc3c(=O)c2c1. The Morgan fingerprint density at radius 3 is 2.12 bits per heavy atom. The largest absolute Gasteiger partial charge is 0.456 e. The summed E-state index contributed by atoms with van der Waals surface area (Å²) in [4.78, 5) is 13.1. The highest BCUT2D eigenvalue weighted by molar-refractivity contribution is 5.92. The predicted octanol–water partition coefficient (Wildman–Crippen LogP) is 4.25. The molecule has 0 aliphatic heterocycles. The maximum Gasteiger partial charge on any atom is 0.416 e. The van der Waals surface area contributed by atoms with E-state index in [9.17, 15) is 28.2 Å². The summed E-state index contributed by atoms with van der Waals surface area (Å²) < 4.78 is 44.4. The summed E-state index contributed by atoms with van der Waals surface area (Å²) >= 11 is 0. The monoisotopic (exact) mass is 457 g/mol. The second-order valence-electron chi connectivity index (χ2n) is 8.23. The first-order valence-electron chi connectivity index (χ1n) is 10.3. The molecule has 4 aromatic rings. The van der Waals surface area contributed by atoms with E-state index < -0.39 is 17.3 Å². The molecule has 33 heavy (non-hydrogen) atoms. The summed E-state index contributed by atoms with van der Waals surface area (Å²) in [5.41, 5.74) is 6.58. The number of nitrogens with two attached hydrogens (primary N) is 1. The van der Waals surface area contributed by atoms with Crippen molar-refractivity contribution in [2.45, 2.75) is 24.6 Å². The quantitative estimate of drug-likeness (QED) is 0.376. The van der Waals surface area contributed by atoms with Crippen LogP contribution in [0.5, 0.6) is 0 Å². The molecule has 8 heteroatoms. The molecular formula is C25H22F3NO4. The lowest BCUT2D eigenvalue weighted by molar-refractivity contribution is -0.137. The van der Waals surface area contributed by atoms with Gasteiger partial charge < -0.3 is 20.4 Å². The van der Waals surface area contributed by atoms with E-state index in [1.54, 1.807) is 36.4 Å². The molecule has 1 aromatic heterocycles. The first-order chi connectivity index (χ1) is 15.6. The number of alkyl halides is 3. The second-order valence-corrected chi connectivity index (χ2v) is 8.23. The molecule has 4 N–H and O–H groups in total. The van der Waals surface area contributed by atoms with E-state index in [1.165, 1.54) is 12.1 Å². The Morgan fingerprint density at radius 1 is 0.818 bits per heavy atom. The Balaban J connectivity index is 1.69. The zero-order valence-electron chi connectivity index (χ0n) is 17.5. The average Bonchev–Trinajstić information content (AvgIpc) is 2.82. The number of hydrogen-bond acceptors (Lipinski definition) is 5. The van der Waals surface area contributed by atoms with E-state index in [0.717, 1.165) is 17.7 Å². The third-order valence-electron chi connectivity index (χ3n) is 5.82. The number of hydrogen-bond donors (Lipinski definition) is 3. The molecular weight excluding hydrogens is 435 g/mol. The lowest BCUT2D eigenvalue weighted by Gasteiger charge is -2.24. The van der Waals surface area contributed by atoms with Gasteiger partial charge in [-0.15, -0.1) is 0 Å². The van der Waals surface area contributed by atoms with Crippen molar-refractivity contribution >= 4 is 21.9 Å². The van der Waals surface area contributed by atoms with E-state index in [1.807, 2.05) is 0 Å². The standard InChI is InChI=1S/C25H22F3NO4/c26-25(27,28)18-5-2-16(3-6-18)17-4-7-19-22(12-17)33-21-8-1-15(11-20(21)23(19)32)9-10-24(29,13-30)14-31/h1-8,11-12,30-31H,9-10,13-14,29H2. The fourth-order valence-electron chi connectivity index (χ4n) is 3.69. The molecule has 0 saturated heterocycles. The van der Waals surface area contributed by atoms with E-state index in [4.69, 9.17) is 10.2 Å². The van der Waals surface area contributed by atoms with Crippen LogP contribution in [-0.2, 0) is 12.6 Å². The molecule has 5 nitrogen and oxygen atoms in total. The molecule has 4 rings (SSSR count). The van der Waals surface area contributed by atoms with Crippen molar-refractivity contribution in [3.05, 3.63) is 82.0 Å². The fraction of sp³-hybridized carbons (Fsp3) is 0.240. The second kappa shape index (κ2) is 8.62. The summed E-state index contributed by atoms with van der Waals surface area (Å²) in [5.74, 6) is 0. The van der Waals surface area contributed by atoms with Crippen LogP contribution < -0.4 is 11.2 Å². The Hall–Kier alpha value is -3.20. The van der Waals surface area contributed by atoms with Gasteiger partial charge in [-0.1, -0.05) is 24.3 Å². The van der Waals surface area contributed by atoms with Crippen molar-refractivity contribution in [2.75, 3.05) is 13.2 Å². The zero-order chi connectivity index (χ0) is 23.8. The molecule has 0 radical (unpaired) electrons. The molecule has 0 atom stereocenters. The van der Waals surface area contributed by atoms with Crippen LogP contribution in [0, 0.1) is 0 Å². The van der Waals surface area contributed by atoms with Gasteiger partial charge in [-0.25, -0.2) is 0 Å². The summed E-state index contributed by atoms with van der Waals surface area (Å²) in [7, 11) is 0. The van der Waals surface area contributed by atoms with Crippen LogP contribution in [0.3, 0.4) is 0 Å². The molecule has 0 spiro atoms. The molecule has 1 heterocycles. The predicted molar refractivity (Wildman–Crippen MR) is 120 cm³/mol. The molecule has 0 amide bonds. The summed E-state index contributed by atoms with van der Waals surface area (Å²) in [6.07, 6.45) is -3.62. The zero-order valence-corrected chi connectivity index (χ0v) is 17.5. The molecule has 0 saturated carbocycles. The van der Waals surface area contributed by atoms with Gasteiger partial charge in [-0.3, -0.25) is 4.79 Å². The summed E-state index contributed by atoms with van der Waals surface area (Å²) in [6.45, 7) is -0.712. The van der Waals surface area contributed by atoms with Gasteiger partial charge in [0.05, 0.1) is 35.1 Å². The smallest absolute Gasteiger partial charge is 0.416 e. The summed E-state index contributed by atoms with van der Waals surface area (Å²) in [5, 5.41) is 19.4. The van der Waals surface area contributed by atoms with Gasteiger partial charge in [0.15, 0.2) is 0 Å². The van der Waals surface area contributed by atoms with Crippen molar-refractivity contribution in [1.82, 2.24) is 0 Å². The molecule has 0 bridgehead atoms. The van der Waals surface area contributed by atoms with Crippen molar-refractivity contribution in [2.24, 2.45) is 5.73 Å². The van der Waals surface area contributed by atoms with Gasteiger partial charge in [0, 0.05) is 0 Å². The van der Waals surface area contributed by atoms with Gasteiger partial charge >= 0.3 is 6.18 Å². The highest BCUT2D eigenvalue weighted by Gasteiger charge is 2.30. The van der Waals surface area contributed by atoms with Crippen LogP contribution in [0.4, 0.5) is 13.2 Å². The number of rotatable bonds is 6. The summed E-state index contributed by atoms with van der Waals surface area (Å²) in [6, 6.07) is 14.9. The van der Waals surface area contributed by atoms with Gasteiger partial charge in [-0.2, -0.15) is 13.2 Å². The Bertz CT molecular complexity index is 1360. The van der Waals surface area contributed by atoms with Gasteiger partial charge in [0.1, 0.15) is 11.2 Å². The molecule has 0 fully saturated rings. The third kappa shape index (κ3) is 4.64. The fourth-order valence-corrected chi connectivity index (χ4v) is 3.69. The lowest BCUT2D eigenvalue weighted by Crippen LogP contribution is -2.47. The van der Waals surface area contributed by atoms with Gasteiger partial charge in [0.25, 0.3) is 0 Å². The van der Waals surface area contributed by atoms with Crippen LogP contribution in [0.1, 0.15) is 17.5 Å². The normalized spacial score (nSPS) is 12.5. The number of aliphatic hydroxyl groups is 2. The molecule has 3 aromatic carbocycles. The Labute approximate surface area is 186 Å². The van der Waals surface area contributed by atoms with Crippen LogP contribution in [0.25, 0.3) is 33.1 Å². The van der Waals surface area contributed by atoms with Crippen LogP contribution in [-0.4, -0.2) is 29.0 Å². The Kier molecular flexibility index (Phi) is 6.00. The maximum absolute atomic E-state index is 13.1. The number of aliphatic hydroxyl groups excluding tert-OH is 2. The van der Waals surface area contributed by atoms with E-state index in [0.29, 0.717) is 45.9 Å². The van der Waals surface area contributed by atoms with Crippen LogP contribution >= 0.6 is 0 Å². The molecule has 0 aliphatic rings. The molecule has 0 unspecified atom stereocenters. The molecule has 0 aliphatic carbocycles. The first-order valence-corrected chi connectivity index (χ1v) is 10.3. The molecule has 172 valence electrons. The van der Waals surface area contributed by atoms with E-state index in [-0.39, 0.29) is 18.6 Å². The third-order valence-corrected chi connectivity index (χ3v) is 5.82. The van der Waals surface area contributed by atoms with Gasteiger partial charge in [0.2, 0.25) is 5.43 Å². The average molecular weight is 457 g/mol. The van der Waals surface area contributed by atoms with Gasteiger partial charge in [-0.05, 0) is 65.9 Å². The van der Waals surface area contributed by atoms with Crippen molar-refractivity contribution < 1.29 is 27.8 Å². The highest BCUT2D eigenvalue weighted by Crippen LogP contribution is 2.32. The van der Waals surface area contributed by atoms with Crippen molar-refractivity contribution in [3.8, 4) is 11.1 Å². The minimum atomic E-state index is -4.41. The van der Waals surface area contributed by atoms with Crippen molar-refractivity contribution in [3.63, 3.8) is 0 Å². The van der Waals surface area contributed by atoms with E-state index >= 15 is 0 Å². The lowest BCUT2D eigenvalue weighted by atomic mass is 9.93. The number of halogens is 3. The van der Waals surface area contributed by atoms with Crippen LogP contribution in [0.15, 0.2) is 69.9 Å².